The van der Waals surface area contributed by atoms with E-state index in [1.165, 1.54) is 36.4 Å². The molecule has 0 saturated heterocycles. The van der Waals surface area contributed by atoms with Gasteiger partial charge < -0.3 is 9.47 Å². The van der Waals surface area contributed by atoms with E-state index < -0.39 is 19.7 Å². The molecule has 0 fully saturated rings. The molecule has 0 aliphatic carbocycles. The normalized spacial score (nSPS) is 11.8. The van der Waals surface area contributed by atoms with Gasteiger partial charge >= 0.3 is 5.69 Å². The fourth-order valence-corrected chi connectivity index (χ4v) is 8.42. The van der Waals surface area contributed by atoms with Crippen LogP contribution in [0.1, 0.15) is 5.56 Å². The van der Waals surface area contributed by atoms with Crippen molar-refractivity contribution in [2.45, 2.75) is 26.5 Å². The topological polar surface area (TPSA) is 114 Å². The Hall–Kier alpha value is -5.43. The zero-order chi connectivity index (χ0) is 35.9. The van der Waals surface area contributed by atoms with Gasteiger partial charge in [0.1, 0.15) is 23.0 Å². The number of halogens is 1. The minimum Gasteiger partial charge on any atom is -0.457 e. The summed E-state index contributed by atoms with van der Waals surface area (Å²) in [7, 11) is -5.80. The van der Waals surface area contributed by atoms with E-state index >= 15 is 0 Å². The number of aryl methyl sites for hydroxylation is 2. The van der Waals surface area contributed by atoms with Gasteiger partial charge in [-0.2, -0.15) is 0 Å². The van der Waals surface area contributed by atoms with Gasteiger partial charge in [0.15, 0.2) is 0 Å². The molecule has 0 atom stereocenters. The van der Waals surface area contributed by atoms with Crippen molar-refractivity contribution in [3.05, 3.63) is 160 Å². The highest BCUT2D eigenvalue weighted by Crippen LogP contribution is 2.31. The summed E-state index contributed by atoms with van der Waals surface area (Å²) in [6.45, 7) is 1.90. The van der Waals surface area contributed by atoms with Crippen LogP contribution in [0.15, 0.2) is 168 Å². The molecular formula is C39H29BrN2O7S2. The minimum atomic E-state index is -3.85. The Morgan fingerprint density at radius 2 is 0.882 bits per heavy atom. The van der Waals surface area contributed by atoms with Crippen LogP contribution in [0.3, 0.4) is 0 Å². The van der Waals surface area contributed by atoms with Gasteiger partial charge in [-0.3, -0.25) is 9.13 Å². The van der Waals surface area contributed by atoms with Crippen molar-refractivity contribution in [3.8, 4) is 28.7 Å². The number of rotatable bonds is 9. The first-order valence-electron chi connectivity index (χ1n) is 15.6. The van der Waals surface area contributed by atoms with Crippen molar-refractivity contribution in [2.24, 2.45) is 7.05 Å². The molecule has 0 aliphatic heterocycles. The van der Waals surface area contributed by atoms with E-state index in [1.54, 1.807) is 101 Å². The predicted molar refractivity (Wildman–Crippen MR) is 198 cm³/mol. The molecule has 0 saturated carbocycles. The van der Waals surface area contributed by atoms with E-state index in [0.29, 0.717) is 34.2 Å². The fraction of sp³-hybridized carbons (Fsp3) is 0.0513. The molecule has 0 unspecified atom stereocenters. The summed E-state index contributed by atoms with van der Waals surface area (Å²) >= 11 is 3.45. The summed E-state index contributed by atoms with van der Waals surface area (Å²) in [6, 6.07) is 37.6. The van der Waals surface area contributed by atoms with Gasteiger partial charge in [0.2, 0.25) is 19.7 Å². The second-order valence-corrected chi connectivity index (χ2v) is 16.6. The predicted octanol–water partition coefficient (Wildman–Crippen LogP) is 8.65. The van der Waals surface area contributed by atoms with Crippen molar-refractivity contribution in [3.63, 3.8) is 0 Å². The zero-order valence-corrected chi connectivity index (χ0v) is 30.4. The standard InChI is InChI=1S/C39H29BrN2O7S2/c1-26-3-16-33(17-4-26)50(44,45)35-20-12-31(13-21-35)48-29-8-10-30(11-9-29)49-32-14-22-36(23-15-32)51(46,47)34-18-6-28(7-19-34)42-38-25-27(40)5-24-37(38)41(2)39(42)43/h3-25H,1-2H3. The quantitative estimate of drug-likeness (QED) is 0.144. The maximum Gasteiger partial charge on any atom is 0.333 e. The van der Waals surface area contributed by atoms with Crippen LogP contribution in [-0.4, -0.2) is 26.0 Å². The summed E-state index contributed by atoms with van der Waals surface area (Å²) in [6.07, 6.45) is 0. The third-order valence-corrected chi connectivity index (χ3v) is 12.4. The van der Waals surface area contributed by atoms with E-state index in [1.807, 2.05) is 25.1 Å². The molecule has 7 rings (SSSR count). The van der Waals surface area contributed by atoms with Gasteiger partial charge in [0, 0.05) is 11.5 Å². The average Bonchev–Trinajstić information content (AvgIpc) is 3.37. The summed E-state index contributed by atoms with van der Waals surface area (Å²) in [5.74, 6) is 1.92. The van der Waals surface area contributed by atoms with Crippen molar-refractivity contribution >= 4 is 46.6 Å². The Balaban J connectivity index is 1.00. The lowest BCUT2D eigenvalue weighted by Crippen LogP contribution is -2.20. The van der Waals surface area contributed by atoms with Gasteiger partial charge in [-0.25, -0.2) is 21.6 Å². The molecule has 1 aromatic heterocycles. The number of ether oxygens (including phenoxy) is 2. The summed E-state index contributed by atoms with van der Waals surface area (Å²) < 4.78 is 68.5. The van der Waals surface area contributed by atoms with Crippen molar-refractivity contribution in [1.29, 1.82) is 0 Å². The highest BCUT2D eigenvalue weighted by atomic mass is 79.9. The lowest BCUT2D eigenvalue weighted by atomic mass is 10.2. The van der Waals surface area contributed by atoms with E-state index in [4.69, 9.17) is 9.47 Å². The summed E-state index contributed by atoms with van der Waals surface area (Å²) in [5.41, 5.74) is 2.73. The molecule has 1 heterocycles. The molecule has 0 spiro atoms. The maximum absolute atomic E-state index is 13.4. The van der Waals surface area contributed by atoms with Crippen molar-refractivity contribution in [2.75, 3.05) is 0 Å². The van der Waals surface area contributed by atoms with Crippen LogP contribution in [0.5, 0.6) is 23.0 Å². The van der Waals surface area contributed by atoms with Crippen LogP contribution in [-0.2, 0) is 26.7 Å². The summed E-state index contributed by atoms with van der Waals surface area (Å²) in [4.78, 5) is 13.6. The van der Waals surface area contributed by atoms with Gasteiger partial charge in [-0.05, 0) is 134 Å². The SMILES string of the molecule is Cc1ccc(S(=O)(=O)c2ccc(Oc3ccc(Oc4ccc(S(=O)(=O)c5ccc(-n6c(=O)n(C)c7ccc(Br)cc76)cc5)cc4)cc3)cc2)cc1. The lowest BCUT2D eigenvalue weighted by molar-refractivity contribution is 0.469. The Labute approximate surface area is 302 Å². The van der Waals surface area contributed by atoms with Gasteiger partial charge in [0.05, 0.1) is 36.3 Å². The first-order valence-corrected chi connectivity index (χ1v) is 19.4. The Morgan fingerprint density at radius 1 is 0.510 bits per heavy atom. The first kappa shape index (κ1) is 34.0. The van der Waals surface area contributed by atoms with Crippen LogP contribution < -0.4 is 15.2 Å². The minimum absolute atomic E-state index is 0.0903. The summed E-state index contributed by atoms with van der Waals surface area (Å²) in [5, 5.41) is 0. The number of nitrogens with zero attached hydrogens (tertiary/aromatic N) is 2. The van der Waals surface area contributed by atoms with Crippen LogP contribution >= 0.6 is 15.9 Å². The molecule has 0 bridgehead atoms. The second kappa shape index (κ2) is 13.4. The Morgan fingerprint density at radius 3 is 1.31 bits per heavy atom. The largest absolute Gasteiger partial charge is 0.457 e. The highest BCUT2D eigenvalue weighted by Gasteiger charge is 2.20. The molecule has 0 N–H and O–H groups in total. The number of aromatic nitrogens is 2. The van der Waals surface area contributed by atoms with Crippen molar-refractivity contribution in [1.82, 2.24) is 9.13 Å². The molecule has 0 radical (unpaired) electrons. The fourth-order valence-electron chi connectivity index (χ4n) is 5.55. The monoisotopic (exact) mass is 780 g/mol. The first-order chi connectivity index (χ1) is 24.4. The third-order valence-electron chi connectivity index (χ3n) is 8.32. The lowest BCUT2D eigenvalue weighted by Gasteiger charge is -2.10. The smallest absolute Gasteiger partial charge is 0.333 e. The van der Waals surface area contributed by atoms with Crippen LogP contribution in [0.25, 0.3) is 16.7 Å². The van der Waals surface area contributed by atoms with Crippen LogP contribution in [0, 0.1) is 6.92 Å². The number of hydrogen-bond acceptors (Lipinski definition) is 7. The zero-order valence-electron chi connectivity index (χ0n) is 27.2. The Kier molecular flexibility index (Phi) is 8.92. The third kappa shape index (κ3) is 6.73. The van der Waals surface area contributed by atoms with Crippen LogP contribution in [0.2, 0.25) is 0 Å². The Bertz CT molecular complexity index is 2670. The van der Waals surface area contributed by atoms with E-state index in [2.05, 4.69) is 15.9 Å². The molecule has 7 aromatic rings. The van der Waals surface area contributed by atoms with E-state index in [-0.39, 0.29) is 25.3 Å². The number of imidazole rings is 1. The van der Waals surface area contributed by atoms with Gasteiger partial charge in [-0.15, -0.1) is 0 Å². The molecule has 0 amide bonds. The molecule has 51 heavy (non-hydrogen) atoms. The van der Waals surface area contributed by atoms with Crippen molar-refractivity contribution < 1.29 is 26.3 Å². The molecule has 0 aliphatic rings. The maximum atomic E-state index is 13.4. The average molecular weight is 782 g/mol. The second-order valence-electron chi connectivity index (χ2n) is 11.7. The molecule has 9 nitrogen and oxygen atoms in total. The molecule has 6 aromatic carbocycles. The number of hydrogen-bond donors (Lipinski definition) is 0. The molecule has 12 heteroatoms. The molecule has 256 valence electrons. The van der Waals surface area contributed by atoms with Crippen LogP contribution in [0.4, 0.5) is 0 Å². The van der Waals surface area contributed by atoms with E-state index in [0.717, 1.165) is 15.6 Å². The van der Waals surface area contributed by atoms with E-state index in [9.17, 15) is 21.6 Å². The number of fused-ring (bicyclic) bond motifs is 1. The number of sulfone groups is 2. The molecular weight excluding hydrogens is 752 g/mol. The number of benzene rings is 6. The highest BCUT2D eigenvalue weighted by molar-refractivity contribution is 9.10. The van der Waals surface area contributed by atoms with Gasteiger partial charge in [-0.1, -0.05) is 33.6 Å². The van der Waals surface area contributed by atoms with Gasteiger partial charge in [0.25, 0.3) is 0 Å².